The zero-order valence-corrected chi connectivity index (χ0v) is 24.1. The molecule has 0 heterocycles. The average Bonchev–Trinajstić information content (AvgIpc) is 2.88. The van der Waals surface area contributed by atoms with Crippen molar-refractivity contribution in [3.8, 4) is 0 Å². The number of hydrogen-bond acceptors (Lipinski definition) is 4. The fourth-order valence-electron chi connectivity index (χ4n) is 3.83. The van der Waals surface area contributed by atoms with Crippen LogP contribution < -0.4 is 9.62 Å². The molecule has 0 unspecified atom stereocenters. The fourth-order valence-corrected chi connectivity index (χ4v) is 5.63. The number of hydrogen-bond donors (Lipinski definition) is 1. The molecule has 1 atom stereocenters. The first-order valence-electron chi connectivity index (χ1n) is 12.1. The highest BCUT2D eigenvalue weighted by atomic mass is 127. The number of benzene rings is 3. The lowest BCUT2D eigenvalue weighted by atomic mass is 10.1. The van der Waals surface area contributed by atoms with Crippen molar-refractivity contribution in [2.45, 2.75) is 44.2 Å². The Morgan fingerprint density at radius 1 is 0.865 bits per heavy atom. The summed E-state index contributed by atoms with van der Waals surface area (Å²) in [6, 6.07) is 23.8. The van der Waals surface area contributed by atoms with Crippen molar-refractivity contribution >= 4 is 50.1 Å². The molecule has 0 radical (unpaired) electrons. The van der Waals surface area contributed by atoms with E-state index >= 15 is 0 Å². The van der Waals surface area contributed by atoms with Crippen molar-refractivity contribution in [2.75, 3.05) is 17.4 Å². The molecule has 1 N–H and O–H groups in total. The van der Waals surface area contributed by atoms with Gasteiger partial charge in [0.2, 0.25) is 11.8 Å². The molecular formula is C28H32IN3O4S. The molecule has 9 heteroatoms. The normalized spacial score (nSPS) is 12.1. The quantitative estimate of drug-likeness (QED) is 0.316. The highest BCUT2D eigenvalue weighted by Crippen LogP contribution is 2.25. The van der Waals surface area contributed by atoms with Gasteiger partial charge in [-0.1, -0.05) is 48.5 Å². The molecule has 0 saturated heterocycles. The predicted octanol–water partition coefficient (Wildman–Crippen LogP) is 4.47. The molecule has 3 aromatic rings. The van der Waals surface area contributed by atoms with Crippen molar-refractivity contribution in [3.05, 3.63) is 94.1 Å². The van der Waals surface area contributed by atoms with Crippen LogP contribution in [0.4, 0.5) is 5.69 Å². The van der Waals surface area contributed by atoms with Gasteiger partial charge in [-0.05, 0) is 91.7 Å². The number of nitrogens with zero attached hydrogens (tertiary/aromatic N) is 2. The Labute approximate surface area is 233 Å². The number of amides is 2. The minimum Gasteiger partial charge on any atom is -0.352 e. The van der Waals surface area contributed by atoms with Crippen molar-refractivity contribution in [2.24, 2.45) is 0 Å². The fraction of sp³-hybridized carbons (Fsp3) is 0.286. The first-order chi connectivity index (χ1) is 17.6. The highest BCUT2D eigenvalue weighted by Gasteiger charge is 2.32. The Morgan fingerprint density at radius 2 is 1.43 bits per heavy atom. The highest BCUT2D eigenvalue weighted by molar-refractivity contribution is 14.1. The average molecular weight is 634 g/mol. The van der Waals surface area contributed by atoms with Crippen LogP contribution in [0.1, 0.15) is 26.3 Å². The lowest BCUT2D eigenvalue weighted by molar-refractivity contribution is -0.139. The van der Waals surface area contributed by atoms with Crippen LogP contribution in [-0.4, -0.2) is 50.3 Å². The van der Waals surface area contributed by atoms with Crippen LogP contribution in [0.3, 0.4) is 0 Å². The maximum absolute atomic E-state index is 13.8. The number of rotatable bonds is 11. The molecule has 0 fully saturated rings. The van der Waals surface area contributed by atoms with Crippen LogP contribution in [0, 0.1) is 3.57 Å². The zero-order chi connectivity index (χ0) is 27.0. The van der Waals surface area contributed by atoms with E-state index in [0.717, 1.165) is 13.4 Å². The van der Waals surface area contributed by atoms with Crippen molar-refractivity contribution in [1.29, 1.82) is 0 Å². The Kier molecular flexibility index (Phi) is 10.1. The molecule has 0 aliphatic carbocycles. The van der Waals surface area contributed by atoms with Gasteiger partial charge in [0, 0.05) is 16.2 Å². The van der Waals surface area contributed by atoms with Crippen molar-refractivity contribution in [1.82, 2.24) is 10.2 Å². The lowest BCUT2D eigenvalue weighted by Gasteiger charge is -2.32. The molecule has 196 valence electrons. The van der Waals surface area contributed by atoms with E-state index in [1.54, 1.807) is 49.4 Å². The third-order valence-corrected chi connectivity index (χ3v) is 8.31. The van der Waals surface area contributed by atoms with E-state index in [-0.39, 0.29) is 23.4 Å². The second kappa shape index (κ2) is 13.0. The summed E-state index contributed by atoms with van der Waals surface area (Å²) in [6.45, 7) is 5.20. The van der Waals surface area contributed by atoms with E-state index in [9.17, 15) is 18.0 Å². The summed E-state index contributed by atoms with van der Waals surface area (Å²) in [5, 5.41) is 2.86. The molecule has 0 aliphatic rings. The summed E-state index contributed by atoms with van der Waals surface area (Å²) >= 11 is 2.14. The maximum atomic E-state index is 13.8. The van der Waals surface area contributed by atoms with Crippen LogP contribution in [0.25, 0.3) is 0 Å². The van der Waals surface area contributed by atoms with E-state index in [0.29, 0.717) is 12.1 Å². The minimum absolute atomic E-state index is 0.0859. The molecule has 37 heavy (non-hydrogen) atoms. The number of sulfonamides is 1. The van der Waals surface area contributed by atoms with Crippen LogP contribution in [-0.2, 0) is 26.0 Å². The molecule has 0 saturated carbocycles. The minimum atomic E-state index is -4.04. The number of nitrogens with one attached hydrogen (secondary N) is 1. The molecule has 3 rings (SSSR count). The summed E-state index contributed by atoms with van der Waals surface area (Å²) in [5.41, 5.74) is 1.39. The smallest absolute Gasteiger partial charge is 0.264 e. The third kappa shape index (κ3) is 7.78. The summed E-state index contributed by atoms with van der Waals surface area (Å²) < 4.78 is 29.4. The van der Waals surface area contributed by atoms with Gasteiger partial charge in [0.1, 0.15) is 12.6 Å². The second-order valence-electron chi connectivity index (χ2n) is 8.96. The monoisotopic (exact) mass is 633 g/mol. The van der Waals surface area contributed by atoms with E-state index in [2.05, 4.69) is 27.9 Å². The van der Waals surface area contributed by atoms with Crippen molar-refractivity contribution < 1.29 is 18.0 Å². The largest absolute Gasteiger partial charge is 0.352 e. The van der Waals surface area contributed by atoms with Crippen molar-refractivity contribution in [3.63, 3.8) is 0 Å². The summed E-state index contributed by atoms with van der Waals surface area (Å²) in [6.07, 6.45) is 0.529. The molecule has 3 aromatic carbocycles. The van der Waals surface area contributed by atoms with E-state index in [1.165, 1.54) is 17.0 Å². The van der Waals surface area contributed by atoms with Crippen LogP contribution in [0.2, 0.25) is 0 Å². The first kappa shape index (κ1) is 28.6. The van der Waals surface area contributed by atoms with E-state index in [4.69, 9.17) is 0 Å². The second-order valence-corrected chi connectivity index (χ2v) is 12.1. The summed E-state index contributed by atoms with van der Waals surface area (Å²) in [7, 11) is -4.04. The number of halogens is 1. The molecule has 2 amide bonds. The van der Waals surface area contributed by atoms with Gasteiger partial charge in [-0.2, -0.15) is 0 Å². The zero-order valence-electron chi connectivity index (χ0n) is 21.2. The van der Waals surface area contributed by atoms with Gasteiger partial charge < -0.3 is 10.2 Å². The Bertz CT molecular complexity index is 1280. The van der Waals surface area contributed by atoms with E-state index in [1.807, 2.05) is 44.2 Å². The molecule has 0 aliphatic heterocycles. The first-order valence-corrected chi connectivity index (χ1v) is 14.6. The molecule has 0 aromatic heterocycles. The van der Waals surface area contributed by atoms with Gasteiger partial charge in [0.25, 0.3) is 10.0 Å². The van der Waals surface area contributed by atoms with E-state index < -0.39 is 28.5 Å². The van der Waals surface area contributed by atoms with Gasteiger partial charge in [-0.15, -0.1) is 0 Å². The van der Waals surface area contributed by atoms with Gasteiger partial charge in [0.05, 0.1) is 10.6 Å². The number of carbonyl (C=O) groups is 2. The van der Waals surface area contributed by atoms with Crippen LogP contribution in [0.5, 0.6) is 0 Å². The molecule has 0 bridgehead atoms. The standard InChI is InChI=1S/C28H32IN3O4S/c1-21(2)30-28(34)22(3)31(19-18-23-10-6-4-7-11-23)27(33)20-32(25-16-14-24(29)15-17-25)37(35,36)26-12-8-5-9-13-26/h4-17,21-22H,18-20H2,1-3H3,(H,30,34)/t22-/m1/s1. The van der Waals surface area contributed by atoms with Gasteiger partial charge in [0.15, 0.2) is 0 Å². The Hall–Kier alpha value is -2.92. The number of carbonyl (C=O) groups excluding carboxylic acids is 2. The van der Waals surface area contributed by atoms with Gasteiger partial charge in [-0.25, -0.2) is 8.42 Å². The maximum Gasteiger partial charge on any atom is 0.264 e. The summed E-state index contributed by atoms with van der Waals surface area (Å²) in [5.74, 6) is -0.747. The lowest BCUT2D eigenvalue weighted by Crippen LogP contribution is -2.53. The summed E-state index contributed by atoms with van der Waals surface area (Å²) in [4.78, 5) is 28.2. The molecule has 0 spiro atoms. The van der Waals surface area contributed by atoms with Gasteiger partial charge >= 0.3 is 0 Å². The SMILES string of the molecule is CC(C)NC(=O)[C@@H](C)N(CCc1ccccc1)C(=O)CN(c1ccc(I)cc1)S(=O)(=O)c1ccccc1. The number of anilines is 1. The Morgan fingerprint density at radius 3 is 2.00 bits per heavy atom. The van der Waals surface area contributed by atoms with Gasteiger partial charge in [-0.3, -0.25) is 13.9 Å². The van der Waals surface area contributed by atoms with Crippen LogP contribution in [0.15, 0.2) is 89.8 Å². The third-order valence-electron chi connectivity index (χ3n) is 5.81. The molecule has 7 nitrogen and oxygen atoms in total. The van der Waals surface area contributed by atoms with Crippen LogP contribution >= 0.6 is 22.6 Å². The predicted molar refractivity (Wildman–Crippen MR) is 155 cm³/mol. The Balaban J connectivity index is 1.95. The topological polar surface area (TPSA) is 86.8 Å². The molecular weight excluding hydrogens is 601 g/mol.